The molecule has 0 nitrogen and oxygen atoms in total. The zero-order valence-corrected chi connectivity index (χ0v) is 20.1. The van der Waals surface area contributed by atoms with Crippen molar-refractivity contribution in [2.75, 3.05) is 0 Å². The van der Waals surface area contributed by atoms with Gasteiger partial charge in [-0.25, -0.2) is 0 Å². The first-order valence-electron chi connectivity index (χ1n) is 11.9. The van der Waals surface area contributed by atoms with Gasteiger partial charge in [0, 0.05) is 20.9 Å². The van der Waals surface area contributed by atoms with E-state index in [0.717, 1.165) is 6.42 Å². The van der Waals surface area contributed by atoms with E-state index in [0.29, 0.717) is 5.92 Å². The lowest BCUT2D eigenvalue weighted by atomic mass is 9.67. The Balaban J connectivity index is 1.52. The van der Waals surface area contributed by atoms with Crippen molar-refractivity contribution >= 4 is 38.3 Å². The molecule has 1 aromatic heterocycles. The Labute approximate surface area is 199 Å². The lowest BCUT2D eigenvalue weighted by Crippen LogP contribution is -2.24. The maximum Gasteiger partial charge on any atom is 0.0352 e. The highest BCUT2D eigenvalue weighted by atomic mass is 32.1. The molecular weight excluding hydrogens is 416 g/mol. The van der Waals surface area contributed by atoms with Gasteiger partial charge in [0.05, 0.1) is 0 Å². The summed E-state index contributed by atoms with van der Waals surface area (Å²) in [6.07, 6.45) is 5.79. The molecule has 1 heteroatoms. The molecule has 0 bridgehead atoms. The minimum Gasteiger partial charge on any atom is -0.139 e. The summed E-state index contributed by atoms with van der Waals surface area (Å²) in [6.45, 7) is 6.99. The largest absolute Gasteiger partial charge is 0.139 e. The van der Waals surface area contributed by atoms with E-state index in [1.165, 1.54) is 64.7 Å². The Hall–Kier alpha value is -3.16. The molecule has 160 valence electrons. The van der Waals surface area contributed by atoms with Gasteiger partial charge in [-0.15, -0.1) is 11.3 Å². The summed E-state index contributed by atoms with van der Waals surface area (Å²) in [4.78, 5) is 1.52. The normalized spacial score (nSPS) is 17.8. The third-order valence-corrected chi connectivity index (χ3v) is 9.20. The molecule has 2 aliphatic rings. The third-order valence-electron chi connectivity index (χ3n) is 7.90. The van der Waals surface area contributed by atoms with Crippen molar-refractivity contribution in [1.29, 1.82) is 0 Å². The lowest BCUT2D eigenvalue weighted by molar-refractivity contribution is 0.644. The minimum absolute atomic E-state index is 0.0122. The number of hydrogen-bond donors (Lipinski definition) is 0. The number of allylic oxidation sites excluding steroid dienone is 1. The Morgan fingerprint density at radius 2 is 1.64 bits per heavy atom. The van der Waals surface area contributed by atoms with E-state index in [2.05, 4.69) is 106 Å². The van der Waals surface area contributed by atoms with Gasteiger partial charge in [-0.1, -0.05) is 98.3 Å². The minimum atomic E-state index is -0.0122. The second-order valence-electron chi connectivity index (χ2n) is 10.2. The van der Waals surface area contributed by atoms with Crippen molar-refractivity contribution in [3.63, 3.8) is 0 Å². The van der Waals surface area contributed by atoms with Crippen LogP contribution in [0.4, 0.5) is 0 Å². The molecule has 0 saturated carbocycles. The van der Waals surface area contributed by atoms with Crippen LogP contribution in [0.2, 0.25) is 0 Å². The SMILES string of the molecule is Cc1ccc2c(c1)C(C)(C)c1cccc3c(C4CC=Cc5c4sc4ccccc54)ccc-2c13. The van der Waals surface area contributed by atoms with E-state index >= 15 is 0 Å². The third kappa shape index (κ3) is 2.57. The van der Waals surface area contributed by atoms with Gasteiger partial charge < -0.3 is 0 Å². The number of hydrogen-bond acceptors (Lipinski definition) is 1. The zero-order valence-electron chi connectivity index (χ0n) is 19.3. The van der Waals surface area contributed by atoms with E-state index in [4.69, 9.17) is 0 Å². The fourth-order valence-corrected chi connectivity index (χ4v) is 7.57. The first kappa shape index (κ1) is 19.3. The van der Waals surface area contributed by atoms with Crippen LogP contribution in [0.15, 0.2) is 78.9 Å². The average Bonchev–Trinajstić information content (AvgIpc) is 3.21. The molecule has 2 aliphatic carbocycles. The number of thiophene rings is 1. The molecular formula is C32H26S. The number of rotatable bonds is 1. The standard InChI is InChI=1S/C32H26S/c1-19-14-15-21-24-17-16-20(23-9-7-12-27(30(23)24)32(2,3)28(21)18-19)25-10-6-11-26-22-8-4-5-13-29(22)33-31(25)26/h4-9,11-18,25H,10H2,1-3H3. The second-order valence-corrected chi connectivity index (χ2v) is 11.3. The van der Waals surface area contributed by atoms with Gasteiger partial charge in [-0.05, 0) is 69.0 Å². The van der Waals surface area contributed by atoms with Gasteiger partial charge >= 0.3 is 0 Å². The van der Waals surface area contributed by atoms with E-state index < -0.39 is 0 Å². The molecule has 0 amide bonds. The second kappa shape index (κ2) is 6.68. The monoisotopic (exact) mass is 442 g/mol. The smallest absolute Gasteiger partial charge is 0.0352 e. The van der Waals surface area contributed by atoms with E-state index in [1.807, 2.05) is 11.3 Å². The molecule has 4 aromatic carbocycles. The fraction of sp³-hybridized carbons (Fsp3) is 0.188. The topological polar surface area (TPSA) is 0 Å². The molecule has 0 saturated heterocycles. The van der Waals surface area contributed by atoms with Crippen molar-refractivity contribution in [2.45, 2.75) is 38.5 Å². The molecule has 1 heterocycles. The lowest BCUT2D eigenvalue weighted by Gasteiger charge is -2.36. The molecule has 0 N–H and O–H groups in total. The van der Waals surface area contributed by atoms with Crippen LogP contribution in [0.5, 0.6) is 0 Å². The van der Waals surface area contributed by atoms with Crippen molar-refractivity contribution in [2.24, 2.45) is 0 Å². The maximum atomic E-state index is 2.42. The van der Waals surface area contributed by atoms with E-state index in [-0.39, 0.29) is 5.41 Å². The molecule has 1 unspecified atom stereocenters. The van der Waals surface area contributed by atoms with E-state index in [9.17, 15) is 0 Å². The van der Waals surface area contributed by atoms with Gasteiger partial charge in [0.15, 0.2) is 0 Å². The Bertz CT molecular complexity index is 1630. The van der Waals surface area contributed by atoms with Crippen LogP contribution in [0.25, 0.3) is 38.1 Å². The highest BCUT2D eigenvalue weighted by molar-refractivity contribution is 7.19. The predicted octanol–water partition coefficient (Wildman–Crippen LogP) is 9.22. The highest BCUT2D eigenvalue weighted by Crippen LogP contribution is 2.52. The van der Waals surface area contributed by atoms with Crippen molar-refractivity contribution < 1.29 is 0 Å². The fourth-order valence-electron chi connectivity index (χ4n) is 6.25. The molecule has 0 spiro atoms. The van der Waals surface area contributed by atoms with Gasteiger partial charge in [0.25, 0.3) is 0 Å². The van der Waals surface area contributed by atoms with Gasteiger partial charge in [0.1, 0.15) is 0 Å². The zero-order chi connectivity index (χ0) is 22.3. The Kier molecular flexibility index (Phi) is 3.91. The van der Waals surface area contributed by atoms with Crippen molar-refractivity contribution in [1.82, 2.24) is 0 Å². The van der Waals surface area contributed by atoms with Crippen LogP contribution >= 0.6 is 11.3 Å². The molecule has 0 fully saturated rings. The quantitative estimate of drug-likeness (QED) is 0.243. The molecule has 33 heavy (non-hydrogen) atoms. The number of benzene rings is 4. The Morgan fingerprint density at radius 1 is 0.818 bits per heavy atom. The molecule has 7 rings (SSSR count). The summed E-state index contributed by atoms with van der Waals surface area (Å²) >= 11 is 1.98. The summed E-state index contributed by atoms with van der Waals surface area (Å²) in [5.41, 5.74) is 9.91. The van der Waals surface area contributed by atoms with Crippen molar-refractivity contribution in [3.05, 3.63) is 112 Å². The summed E-state index contributed by atoms with van der Waals surface area (Å²) in [7, 11) is 0. The van der Waals surface area contributed by atoms with Crippen LogP contribution in [0.1, 0.15) is 58.9 Å². The molecule has 1 atom stereocenters. The van der Waals surface area contributed by atoms with Gasteiger partial charge in [-0.2, -0.15) is 0 Å². The highest BCUT2D eigenvalue weighted by Gasteiger charge is 2.34. The van der Waals surface area contributed by atoms with E-state index in [1.54, 1.807) is 0 Å². The average molecular weight is 443 g/mol. The molecule has 0 radical (unpaired) electrons. The number of aryl methyl sites for hydroxylation is 1. The van der Waals surface area contributed by atoms with Crippen LogP contribution in [-0.4, -0.2) is 0 Å². The van der Waals surface area contributed by atoms with Crippen LogP contribution in [0.3, 0.4) is 0 Å². The van der Waals surface area contributed by atoms with Gasteiger partial charge in [-0.3, -0.25) is 0 Å². The summed E-state index contributed by atoms with van der Waals surface area (Å²) < 4.78 is 1.40. The summed E-state index contributed by atoms with van der Waals surface area (Å²) in [6, 6.07) is 27.7. The summed E-state index contributed by atoms with van der Waals surface area (Å²) in [5.74, 6) is 0.411. The number of fused-ring (bicyclic) bond motifs is 5. The first-order chi connectivity index (χ1) is 16.0. The first-order valence-corrected chi connectivity index (χ1v) is 12.7. The van der Waals surface area contributed by atoms with Crippen LogP contribution in [0, 0.1) is 6.92 Å². The van der Waals surface area contributed by atoms with Crippen molar-refractivity contribution in [3.8, 4) is 11.1 Å². The predicted molar refractivity (Wildman–Crippen MR) is 144 cm³/mol. The van der Waals surface area contributed by atoms with Crippen LogP contribution < -0.4 is 0 Å². The van der Waals surface area contributed by atoms with Gasteiger partial charge in [0.2, 0.25) is 0 Å². The Morgan fingerprint density at radius 3 is 2.55 bits per heavy atom. The molecule has 5 aromatic rings. The summed E-state index contributed by atoms with van der Waals surface area (Å²) in [5, 5.41) is 4.27. The molecule has 0 aliphatic heterocycles. The maximum absolute atomic E-state index is 2.42. The van der Waals surface area contributed by atoms with Crippen LogP contribution in [-0.2, 0) is 5.41 Å².